The van der Waals surface area contributed by atoms with Crippen LogP contribution in [0.5, 0.6) is 5.75 Å². The highest BCUT2D eigenvalue weighted by Crippen LogP contribution is 2.36. The molecule has 1 atom stereocenters. The fourth-order valence-corrected chi connectivity index (χ4v) is 5.58. The van der Waals surface area contributed by atoms with Gasteiger partial charge in [0.05, 0.1) is 23.4 Å². The van der Waals surface area contributed by atoms with E-state index in [0.717, 1.165) is 29.5 Å². The molecule has 0 spiro atoms. The number of aryl methyl sites for hydroxylation is 2. The Morgan fingerprint density at radius 3 is 2.93 bits per heavy atom. The van der Waals surface area contributed by atoms with Crippen LogP contribution in [0.1, 0.15) is 23.8 Å². The molecule has 1 aromatic carbocycles. The molecule has 2 heterocycles. The van der Waals surface area contributed by atoms with E-state index >= 15 is 0 Å². The number of anilines is 1. The molecule has 6 nitrogen and oxygen atoms in total. The minimum absolute atomic E-state index is 0.0239. The van der Waals surface area contributed by atoms with Crippen molar-refractivity contribution >= 4 is 44.9 Å². The summed E-state index contributed by atoms with van der Waals surface area (Å²) >= 11 is 2.90. The summed E-state index contributed by atoms with van der Waals surface area (Å²) in [6, 6.07) is 7.27. The number of thiophene rings is 1. The summed E-state index contributed by atoms with van der Waals surface area (Å²) in [5.74, 6) is 0.436. The number of benzene rings is 1. The van der Waals surface area contributed by atoms with Gasteiger partial charge in [0, 0.05) is 11.9 Å². The molecule has 146 valence electrons. The molecule has 0 radical (unpaired) electrons. The Balaban J connectivity index is 1.58. The normalized spacial score (nSPS) is 14.1. The maximum Gasteiger partial charge on any atom is 0.262 e. The summed E-state index contributed by atoms with van der Waals surface area (Å²) in [4.78, 5) is 32.3. The first-order chi connectivity index (χ1) is 13.5. The maximum absolute atomic E-state index is 12.9. The lowest BCUT2D eigenvalue weighted by atomic mass is 10.2. The number of methoxy groups -OCH3 is 1. The van der Waals surface area contributed by atoms with Crippen molar-refractivity contribution in [3.63, 3.8) is 0 Å². The molecular weight excluding hydrogens is 394 g/mol. The minimum Gasteiger partial charge on any atom is -0.495 e. The second-order valence-corrected chi connectivity index (χ2v) is 9.14. The molecular formula is C20H21N3O3S2. The van der Waals surface area contributed by atoms with Gasteiger partial charge in [-0.15, -0.1) is 11.3 Å². The molecule has 0 aliphatic heterocycles. The summed E-state index contributed by atoms with van der Waals surface area (Å²) in [5, 5.41) is 3.78. The zero-order valence-corrected chi connectivity index (χ0v) is 17.6. The molecule has 8 heteroatoms. The Bertz CT molecular complexity index is 1120. The van der Waals surface area contributed by atoms with Gasteiger partial charge in [-0.1, -0.05) is 23.9 Å². The number of rotatable bonds is 5. The van der Waals surface area contributed by atoms with Gasteiger partial charge in [0.1, 0.15) is 10.6 Å². The Hall–Kier alpha value is -2.32. The highest BCUT2D eigenvalue weighted by Gasteiger charge is 2.24. The monoisotopic (exact) mass is 415 g/mol. The first kappa shape index (κ1) is 19.0. The lowest BCUT2D eigenvalue weighted by Gasteiger charge is -2.15. The smallest absolute Gasteiger partial charge is 0.262 e. The van der Waals surface area contributed by atoms with Crippen molar-refractivity contribution in [2.24, 2.45) is 7.05 Å². The minimum atomic E-state index is -0.424. The predicted molar refractivity (Wildman–Crippen MR) is 114 cm³/mol. The zero-order valence-electron chi connectivity index (χ0n) is 15.9. The number of thioether (sulfide) groups is 1. The number of amides is 1. The number of fused-ring (bicyclic) bond motifs is 3. The second kappa shape index (κ2) is 7.60. The number of nitrogens with zero attached hydrogens (tertiary/aromatic N) is 2. The van der Waals surface area contributed by atoms with Crippen LogP contribution in [0, 0.1) is 0 Å². The van der Waals surface area contributed by atoms with Gasteiger partial charge in [0.2, 0.25) is 5.91 Å². The first-order valence-corrected chi connectivity index (χ1v) is 10.8. The van der Waals surface area contributed by atoms with E-state index in [1.54, 1.807) is 49.1 Å². The molecule has 0 saturated carbocycles. The number of nitrogens with one attached hydrogen (secondary N) is 1. The van der Waals surface area contributed by atoms with E-state index in [4.69, 9.17) is 9.72 Å². The van der Waals surface area contributed by atoms with E-state index in [0.29, 0.717) is 16.6 Å². The molecule has 3 aromatic rings. The summed E-state index contributed by atoms with van der Waals surface area (Å²) in [7, 11) is 3.29. The van der Waals surface area contributed by atoms with Crippen LogP contribution in [0.25, 0.3) is 10.2 Å². The van der Waals surface area contributed by atoms with Crippen LogP contribution in [0.4, 0.5) is 5.69 Å². The summed E-state index contributed by atoms with van der Waals surface area (Å²) < 4.78 is 6.84. The van der Waals surface area contributed by atoms with E-state index in [1.165, 1.54) is 22.2 Å². The van der Waals surface area contributed by atoms with E-state index in [9.17, 15) is 9.59 Å². The van der Waals surface area contributed by atoms with Crippen molar-refractivity contribution < 1.29 is 9.53 Å². The zero-order chi connectivity index (χ0) is 19.8. The quantitative estimate of drug-likeness (QED) is 0.509. The third-order valence-corrected chi connectivity index (χ3v) is 7.25. The summed E-state index contributed by atoms with van der Waals surface area (Å²) in [6.07, 6.45) is 3.09. The molecule has 1 N–H and O–H groups in total. The van der Waals surface area contributed by atoms with Crippen molar-refractivity contribution in [2.75, 3.05) is 12.4 Å². The van der Waals surface area contributed by atoms with Crippen LogP contribution in [0.3, 0.4) is 0 Å². The highest BCUT2D eigenvalue weighted by molar-refractivity contribution is 8.00. The van der Waals surface area contributed by atoms with Crippen molar-refractivity contribution in [1.82, 2.24) is 9.55 Å². The number of carbonyl (C=O) groups excluding carboxylic acids is 1. The molecule has 28 heavy (non-hydrogen) atoms. The second-order valence-electron chi connectivity index (χ2n) is 6.75. The third-order valence-electron chi connectivity index (χ3n) is 4.92. The Morgan fingerprint density at radius 2 is 2.14 bits per heavy atom. The number of aromatic nitrogens is 2. The molecule has 0 fully saturated rings. The number of hydrogen-bond acceptors (Lipinski definition) is 6. The van der Waals surface area contributed by atoms with Gasteiger partial charge in [0.25, 0.3) is 5.56 Å². The van der Waals surface area contributed by atoms with Crippen LogP contribution in [0.2, 0.25) is 0 Å². The maximum atomic E-state index is 12.9. The highest BCUT2D eigenvalue weighted by atomic mass is 32.2. The first-order valence-electron chi connectivity index (χ1n) is 9.11. The number of ether oxygens (including phenoxy) is 1. The van der Waals surface area contributed by atoms with Crippen LogP contribution in [0.15, 0.2) is 34.2 Å². The lowest BCUT2D eigenvalue weighted by Crippen LogP contribution is -2.25. The van der Waals surface area contributed by atoms with Gasteiger partial charge in [-0.2, -0.15) is 0 Å². The fraction of sp³-hybridized carbons (Fsp3) is 0.350. The van der Waals surface area contributed by atoms with Gasteiger partial charge < -0.3 is 10.1 Å². The SMILES string of the molecule is COc1ccccc1NC(=O)C(C)Sc1nc2sc3c(c2c(=O)n1C)CCC3. The Labute approximate surface area is 170 Å². The van der Waals surface area contributed by atoms with Crippen molar-refractivity contribution in [1.29, 1.82) is 0 Å². The summed E-state index contributed by atoms with van der Waals surface area (Å²) in [5.41, 5.74) is 1.77. The molecule has 0 bridgehead atoms. The molecule has 2 aromatic heterocycles. The topological polar surface area (TPSA) is 73.2 Å². The van der Waals surface area contributed by atoms with Crippen LogP contribution in [-0.2, 0) is 24.7 Å². The van der Waals surface area contributed by atoms with E-state index in [-0.39, 0.29) is 11.5 Å². The number of carbonyl (C=O) groups is 1. The standard InChI is InChI=1S/C20H21N3O3S2/c1-11(17(24)21-13-8-4-5-9-14(13)26-3)27-20-22-18-16(19(25)23(20)2)12-7-6-10-15(12)28-18/h4-5,8-9,11H,6-7,10H2,1-3H3,(H,21,24). The fourth-order valence-electron chi connectivity index (χ4n) is 3.40. The Kier molecular flexibility index (Phi) is 5.16. The van der Waals surface area contributed by atoms with Crippen molar-refractivity contribution in [3.05, 3.63) is 45.1 Å². The molecule has 1 aliphatic carbocycles. The molecule has 4 rings (SSSR count). The lowest BCUT2D eigenvalue weighted by molar-refractivity contribution is -0.115. The molecule has 1 unspecified atom stereocenters. The van der Waals surface area contributed by atoms with Crippen LogP contribution >= 0.6 is 23.1 Å². The van der Waals surface area contributed by atoms with Crippen LogP contribution < -0.4 is 15.6 Å². The largest absolute Gasteiger partial charge is 0.495 e. The van der Waals surface area contributed by atoms with E-state index < -0.39 is 5.25 Å². The third kappa shape index (κ3) is 3.31. The van der Waals surface area contributed by atoms with Gasteiger partial charge in [0.15, 0.2) is 5.16 Å². The number of para-hydroxylation sites is 2. The number of hydrogen-bond donors (Lipinski definition) is 1. The molecule has 1 aliphatic rings. The Morgan fingerprint density at radius 1 is 1.36 bits per heavy atom. The summed E-state index contributed by atoms with van der Waals surface area (Å²) in [6.45, 7) is 1.81. The van der Waals surface area contributed by atoms with Gasteiger partial charge >= 0.3 is 0 Å². The van der Waals surface area contributed by atoms with E-state index in [2.05, 4.69) is 5.32 Å². The predicted octanol–water partition coefficient (Wildman–Crippen LogP) is 3.61. The van der Waals surface area contributed by atoms with Gasteiger partial charge in [-0.05, 0) is 43.9 Å². The van der Waals surface area contributed by atoms with Crippen molar-refractivity contribution in [2.45, 2.75) is 36.6 Å². The average Bonchev–Trinajstić information content (AvgIpc) is 3.27. The van der Waals surface area contributed by atoms with Crippen LogP contribution in [-0.4, -0.2) is 27.8 Å². The molecule has 0 saturated heterocycles. The van der Waals surface area contributed by atoms with Gasteiger partial charge in [-0.25, -0.2) is 4.98 Å². The molecule has 1 amide bonds. The van der Waals surface area contributed by atoms with Gasteiger partial charge in [-0.3, -0.25) is 14.2 Å². The average molecular weight is 416 g/mol. The van der Waals surface area contributed by atoms with E-state index in [1.807, 2.05) is 12.1 Å². The van der Waals surface area contributed by atoms with Crippen molar-refractivity contribution in [3.8, 4) is 5.75 Å².